The summed E-state index contributed by atoms with van der Waals surface area (Å²) in [6.45, 7) is 1.55. The van der Waals surface area contributed by atoms with Crippen molar-refractivity contribution in [2.45, 2.75) is 0 Å². The molecule has 18 heavy (non-hydrogen) atoms. The van der Waals surface area contributed by atoms with E-state index in [9.17, 15) is 4.39 Å². The molecule has 1 aliphatic heterocycles. The van der Waals surface area contributed by atoms with Crippen LogP contribution < -0.4 is 4.90 Å². The van der Waals surface area contributed by atoms with Crippen molar-refractivity contribution in [1.82, 2.24) is 0 Å². The highest BCUT2D eigenvalue weighted by atomic mass is 19.1. The molecule has 2 aromatic carbocycles. The van der Waals surface area contributed by atoms with Crippen LogP contribution in [-0.4, -0.2) is 18.9 Å². The minimum absolute atomic E-state index is 0.216. The van der Waals surface area contributed by atoms with Gasteiger partial charge >= 0.3 is 0 Å². The first-order valence-electron chi connectivity index (χ1n) is 5.97. The molecule has 90 valence electrons. The Labute approximate surface area is 105 Å². The van der Waals surface area contributed by atoms with Gasteiger partial charge in [-0.1, -0.05) is 36.4 Å². The number of nitrogens with zero attached hydrogens (tertiary/aromatic N) is 2. The lowest BCUT2D eigenvalue weighted by atomic mass is 10.2. The van der Waals surface area contributed by atoms with Crippen molar-refractivity contribution in [3.05, 3.63) is 66.0 Å². The predicted octanol–water partition coefficient (Wildman–Crippen LogP) is 3.09. The number of aliphatic imine (C=N–C) groups is 1. The van der Waals surface area contributed by atoms with Gasteiger partial charge in [-0.05, 0) is 18.2 Å². The minimum Gasteiger partial charge on any atom is -0.324 e. The average Bonchev–Trinajstić information content (AvgIpc) is 2.89. The van der Waals surface area contributed by atoms with Gasteiger partial charge in [-0.25, -0.2) is 4.39 Å². The van der Waals surface area contributed by atoms with Crippen molar-refractivity contribution in [2.75, 3.05) is 18.0 Å². The summed E-state index contributed by atoms with van der Waals surface area (Å²) < 4.78 is 13.3. The molecule has 0 spiro atoms. The van der Waals surface area contributed by atoms with Crippen LogP contribution in [0.15, 0.2) is 59.6 Å². The number of rotatable bonds is 2. The topological polar surface area (TPSA) is 15.6 Å². The van der Waals surface area contributed by atoms with Crippen LogP contribution in [0.2, 0.25) is 0 Å². The Hall–Kier alpha value is -2.16. The first-order valence-corrected chi connectivity index (χ1v) is 5.97. The lowest BCUT2D eigenvalue weighted by molar-refractivity contribution is 0.628. The first kappa shape index (κ1) is 11.0. The van der Waals surface area contributed by atoms with Gasteiger partial charge in [0.1, 0.15) is 11.7 Å². The van der Waals surface area contributed by atoms with Crippen LogP contribution in [0.25, 0.3) is 0 Å². The molecule has 0 N–H and O–H groups in total. The highest BCUT2D eigenvalue weighted by Gasteiger charge is 2.20. The number of amidine groups is 1. The minimum atomic E-state index is -0.216. The highest BCUT2D eigenvalue weighted by Crippen LogP contribution is 2.21. The molecule has 0 radical (unpaired) electrons. The maximum absolute atomic E-state index is 13.3. The second-order valence-corrected chi connectivity index (χ2v) is 4.20. The van der Waals surface area contributed by atoms with Crippen LogP contribution in [0.4, 0.5) is 10.1 Å². The molecule has 1 aliphatic rings. The molecule has 0 unspecified atom stereocenters. The number of anilines is 1. The smallest absolute Gasteiger partial charge is 0.135 e. The molecule has 2 aromatic rings. The lowest BCUT2D eigenvalue weighted by Crippen LogP contribution is -2.28. The molecule has 2 nitrogen and oxygen atoms in total. The van der Waals surface area contributed by atoms with Crippen LogP contribution in [0.3, 0.4) is 0 Å². The van der Waals surface area contributed by atoms with Gasteiger partial charge in [0, 0.05) is 17.8 Å². The van der Waals surface area contributed by atoms with Crippen molar-refractivity contribution in [3.63, 3.8) is 0 Å². The van der Waals surface area contributed by atoms with E-state index in [0.717, 1.165) is 30.2 Å². The zero-order valence-electron chi connectivity index (χ0n) is 9.88. The summed E-state index contributed by atoms with van der Waals surface area (Å²) in [5.41, 5.74) is 1.93. The summed E-state index contributed by atoms with van der Waals surface area (Å²) in [4.78, 5) is 6.57. The number of hydrogen-bond donors (Lipinski definition) is 0. The van der Waals surface area contributed by atoms with E-state index in [2.05, 4.69) is 9.89 Å². The van der Waals surface area contributed by atoms with Gasteiger partial charge < -0.3 is 4.90 Å². The third-order valence-corrected chi connectivity index (χ3v) is 2.99. The van der Waals surface area contributed by atoms with E-state index in [1.807, 2.05) is 36.4 Å². The Kier molecular flexibility index (Phi) is 2.81. The molecular weight excluding hydrogens is 227 g/mol. The normalized spacial score (nSPS) is 14.7. The number of benzene rings is 2. The molecule has 0 amide bonds. The van der Waals surface area contributed by atoms with E-state index >= 15 is 0 Å². The van der Waals surface area contributed by atoms with Gasteiger partial charge in [0.25, 0.3) is 0 Å². The summed E-state index contributed by atoms with van der Waals surface area (Å²) >= 11 is 0. The van der Waals surface area contributed by atoms with E-state index in [1.165, 1.54) is 6.07 Å². The Bertz CT molecular complexity index is 578. The van der Waals surface area contributed by atoms with E-state index in [4.69, 9.17) is 0 Å². The molecule has 0 aromatic heterocycles. The standard InChI is InChI=1S/C15H13FN2/c16-13-7-4-8-14(11-13)18-10-9-17-15(18)12-5-2-1-3-6-12/h1-8,11H,9-10H2. The molecule has 0 saturated heterocycles. The average molecular weight is 240 g/mol. The predicted molar refractivity (Wildman–Crippen MR) is 71.6 cm³/mol. The van der Waals surface area contributed by atoms with Crippen LogP contribution in [0.1, 0.15) is 5.56 Å². The van der Waals surface area contributed by atoms with E-state index < -0.39 is 0 Å². The fraction of sp³-hybridized carbons (Fsp3) is 0.133. The van der Waals surface area contributed by atoms with E-state index in [-0.39, 0.29) is 5.82 Å². The van der Waals surface area contributed by atoms with Gasteiger partial charge in [0.15, 0.2) is 0 Å². The van der Waals surface area contributed by atoms with Crippen LogP contribution in [0.5, 0.6) is 0 Å². The third kappa shape index (κ3) is 1.99. The van der Waals surface area contributed by atoms with E-state index in [0.29, 0.717) is 0 Å². The van der Waals surface area contributed by atoms with Crippen LogP contribution in [0, 0.1) is 5.82 Å². The maximum atomic E-state index is 13.3. The Morgan fingerprint density at radius 3 is 2.61 bits per heavy atom. The first-order chi connectivity index (χ1) is 8.84. The summed E-state index contributed by atoms with van der Waals surface area (Å²) in [6, 6.07) is 16.6. The molecule has 3 rings (SSSR count). The molecule has 3 heteroatoms. The Balaban J connectivity index is 1.97. The van der Waals surface area contributed by atoms with Gasteiger partial charge in [0.05, 0.1) is 6.54 Å². The molecular formula is C15H13FN2. The number of halogens is 1. The van der Waals surface area contributed by atoms with Crippen molar-refractivity contribution >= 4 is 11.5 Å². The zero-order chi connectivity index (χ0) is 12.4. The zero-order valence-corrected chi connectivity index (χ0v) is 9.88. The Morgan fingerprint density at radius 2 is 1.83 bits per heavy atom. The fourth-order valence-electron chi connectivity index (χ4n) is 2.18. The summed E-state index contributed by atoms with van der Waals surface area (Å²) in [5, 5.41) is 0. The number of hydrogen-bond acceptors (Lipinski definition) is 2. The van der Waals surface area contributed by atoms with Crippen molar-refractivity contribution in [3.8, 4) is 0 Å². The third-order valence-electron chi connectivity index (χ3n) is 2.99. The summed E-state index contributed by atoms with van der Waals surface area (Å²) in [5.74, 6) is 0.702. The van der Waals surface area contributed by atoms with E-state index in [1.54, 1.807) is 12.1 Å². The van der Waals surface area contributed by atoms with Crippen LogP contribution in [-0.2, 0) is 0 Å². The molecule has 0 aliphatic carbocycles. The molecule has 0 atom stereocenters. The molecule has 1 heterocycles. The largest absolute Gasteiger partial charge is 0.324 e. The quantitative estimate of drug-likeness (QED) is 0.787. The SMILES string of the molecule is Fc1cccc(N2CCN=C2c2ccccc2)c1. The van der Waals surface area contributed by atoms with Crippen molar-refractivity contribution in [2.24, 2.45) is 4.99 Å². The van der Waals surface area contributed by atoms with Gasteiger partial charge in [-0.3, -0.25) is 4.99 Å². The van der Waals surface area contributed by atoms with Gasteiger partial charge in [-0.15, -0.1) is 0 Å². The molecule has 0 fully saturated rings. The monoisotopic (exact) mass is 240 g/mol. The summed E-state index contributed by atoms with van der Waals surface area (Å²) in [6.07, 6.45) is 0. The van der Waals surface area contributed by atoms with Crippen LogP contribution >= 0.6 is 0 Å². The Morgan fingerprint density at radius 1 is 1.00 bits per heavy atom. The second kappa shape index (κ2) is 4.61. The fourth-order valence-corrected chi connectivity index (χ4v) is 2.18. The van der Waals surface area contributed by atoms with Crippen molar-refractivity contribution in [1.29, 1.82) is 0 Å². The lowest BCUT2D eigenvalue weighted by Gasteiger charge is -2.20. The molecule has 0 saturated carbocycles. The van der Waals surface area contributed by atoms with Gasteiger partial charge in [-0.2, -0.15) is 0 Å². The second-order valence-electron chi connectivity index (χ2n) is 4.20. The van der Waals surface area contributed by atoms with Gasteiger partial charge in [0.2, 0.25) is 0 Å². The highest BCUT2D eigenvalue weighted by molar-refractivity contribution is 6.11. The molecule has 0 bridgehead atoms. The maximum Gasteiger partial charge on any atom is 0.135 e. The van der Waals surface area contributed by atoms with Crippen molar-refractivity contribution < 1.29 is 4.39 Å². The summed E-state index contributed by atoms with van der Waals surface area (Å²) in [7, 11) is 0.